The molecule has 6 heteroatoms. The van der Waals surface area contributed by atoms with E-state index in [4.69, 9.17) is 5.11 Å². The standard InChI is InChI=1S/C20H25N3O3/c24-13-19(25)18-11-17-12-22(8-3-9-23(17)21-18)20(26)16-7-6-14-4-1-2-5-15(14)10-16/h6-7,10-11,19,24-25H,1-5,8-9,12-13H2. The average Bonchev–Trinajstić information content (AvgIpc) is 2.98. The molecule has 2 heterocycles. The molecule has 4 rings (SSSR count). The topological polar surface area (TPSA) is 78.6 Å². The Balaban J connectivity index is 1.56. The molecule has 1 amide bonds. The van der Waals surface area contributed by atoms with Crippen LogP contribution in [0, 0.1) is 0 Å². The number of rotatable bonds is 3. The summed E-state index contributed by atoms with van der Waals surface area (Å²) in [5.74, 6) is 0.0530. The van der Waals surface area contributed by atoms with Gasteiger partial charge in [0.1, 0.15) is 6.10 Å². The molecule has 26 heavy (non-hydrogen) atoms. The van der Waals surface area contributed by atoms with Crippen LogP contribution in [0.25, 0.3) is 0 Å². The van der Waals surface area contributed by atoms with Crippen molar-refractivity contribution in [2.45, 2.75) is 51.3 Å². The smallest absolute Gasteiger partial charge is 0.254 e. The van der Waals surface area contributed by atoms with Crippen molar-refractivity contribution in [2.75, 3.05) is 13.2 Å². The third-order valence-electron chi connectivity index (χ3n) is 5.43. The number of fused-ring (bicyclic) bond motifs is 2. The summed E-state index contributed by atoms with van der Waals surface area (Å²) in [4.78, 5) is 14.9. The molecule has 2 aliphatic rings. The highest BCUT2D eigenvalue weighted by Gasteiger charge is 2.24. The average molecular weight is 355 g/mol. The molecule has 1 aliphatic carbocycles. The predicted octanol–water partition coefficient (Wildman–Crippen LogP) is 1.83. The minimum Gasteiger partial charge on any atom is -0.393 e. The molecule has 1 aromatic carbocycles. The zero-order chi connectivity index (χ0) is 18.1. The molecule has 2 aromatic rings. The van der Waals surface area contributed by atoms with E-state index in [2.05, 4.69) is 17.2 Å². The van der Waals surface area contributed by atoms with Crippen molar-refractivity contribution in [1.82, 2.24) is 14.7 Å². The van der Waals surface area contributed by atoms with Crippen molar-refractivity contribution in [2.24, 2.45) is 0 Å². The van der Waals surface area contributed by atoms with E-state index in [0.717, 1.165) is 30.5 Å². The van der Waals surface area contributed by atoms with E-state index < -0.39 is 6.10 Å². The van der Waals surface area contributed by atoms with Crippen LogP contribution in [0.1, 0.15) is 58.2 Å². The summed E-state index contributed by atoms with van der Waals surface area (Å²) in [6, 6.07) is 7.93. The van der Waals surface area contributed by atoms with Crippen LogP contribution in [0.2, 0.25) is 0 Å². The van der Waals surface area contributed by atoms with E-state index in [0.29, 0.717) is 25.3 Å². The number of aromatic nitrogens is 2. The van der Waals surface area contributed by atoms with Crippen molar-refractivity contribution >= 4 is 5.91 Å². The normalized spacial score (nSPS) is 18.0. The predicted molar refractivity (Wildman–Crippen MR) is 96.7 cm³/mol. The molecular weight excluding hydrogens is 330 g/mol. The van der Waals surface area contributed by atoms with Crippen molar-refractivity contribution in [3.63, 3.8) is 0 Å². The van der Waals surface area contributed by atoms with Gasteiger partial charge in [-0.15, -0.1) is 0 Å². The molecule has 1 aliphatic heterocycles. The van der Waals surface area contributed by atoms with Gasteiger partial charge in [0.25, 0.3) is 5.91 Å². The second-order valence-corrected chi connectivity index (χ2v) is 7.25. The Bertz CT molecular complexity index is 815. The third kappa shape index (κ3) is 3.27. The lowest BCUT2D eigenvalue weighted by molar-refractivity contribution is 0.0745. The quantitative estimate of drug-likeness (QED) is 0.880. The zero-order valence-electron chi connectivity index (χ0n) is 14.9. The molecule has 1 unspecified atom stereocenters. The molecule has 1 atom stereocenters. The number of carbonyl (C=O) groups is 1. The number of amides is 1. The molecule has 2 N–H and O–H groups in total. The lowest BCUT2D eigenvalue weighted by atomic mass is 9.90. The van der Waals surface area contributed by atoms with E-state index in [1.54, 1.807) is 6.07 Å². The van der Waals surface area contributed by atoms with Gasteiger partial charge in [-0.25, -0.2) is 0 Å². The Morgan fingerprint density at radius 1 is 1.12 bits per heavy atom. The van der Waals surface area contributed by atoms with E-state index in [9.17, 15) is 9.90 Å². The molecule has 1 aromatic heterocycles. The summed E-state index contributed by atoms with van der Waals surface area (Å²) < 4.78 is 1.84. The molecular formula is C20H25N3O3. The number of nitrogens with zero attached hydrogens (tertiary/aromatic N) is 3. The Morgan fingerprint density at radius 3 is 2.73 bits per heavy atom. The molecule has 0 saturated heterocycles. The number of carbonyl (C=O) groups excluding carboxylic acids is 1. The van der Waals surface area contributed by atoms with Gasteiger partial charge in [-0.2, -0.15) is 5.10 Å². The Hall–Kier alpha value is -2.18. The number of hydrogen-bond donors (Lipinski definition) is 2. The fourth-order valence-corrected chi connectivity index (χ4v) is 3.96. The van der Waals surface area contributed by atoms with Crippen molar-refractivity contribution in [3.05, 3.63) is 52.3 Å². The van der Waals surface area contributed by atoms with Crippen LogP contribution in [0.3, 0.4) is 0 Å². The van der Waals surface area contributed by atoms with Gasteiger partial charge in [0, 0.05) is 18.7 Å². The van der Waals surface area contributed by atoms with E-state index in [1.165, 1.54) is 24.0 Å². The zero-order valence-corrected chi connectivity index (χ0v) is 14.9. The Kier molecular flexibility index (Phi) is 4.78. The number of aryl methyl sites for hydroxylation is 3. The lowest BCUT2D eigenvalue weighted by Gasteiger charge is -2.22. The maximum Gasteiger partial charge on any atom is 0.254 e. The summed E-state index contributed by atoms with van der Waals surface area (Å²) in [6.07, 6.45) is 4.45. The molecule has 0 saturated carbocycles. The summed E-state index contributed by atoms with van der Waals surface area (Å²) in [5.41, 5.74) is 4.82. The van der Waals surface area contributed by atoms with Gasteiger partial charge < -0.3 is 15.1 Å². The fraction of sp³-hybridized carbons (Fsp3) is 0.500. The molecule has 0 spiro atoms. The summed E-state index contributed by atoms with van der Waals surface area (Å²) >= 11 is 0. The number of hydrogen-bond acceptors (Lipinski definition) is 4. The number of benzene rings is 1. The SMILES string of the molecule is O=C(c1ccc2c(c1)CCCC2)N1CCCn2nc(C(O)CO)cc2C1. The molecule has 0 fully saturated rings. The van der Waals surface area contributed by atoms with Crippen molar-refractivity contribution < 1.29 is 15.0 Å². The second kappa shape index (κ2) is 7.21. The fourth-order valence-electron chi connectivity index (χ4n) is 3.96. The van der Waals surface area contributed by atoms with Gasteiger partial charge in [-0.1, -0.05) is 6.07 Å². The minimum atomic E-state index is -0.973. The molecule has 0 radical (unpaired) electrons. The highest BCUT2D eigenvalue weighted by atomic mass is 16.3. The lowest BCUT2D eigenvalue weighted by Crippen LogP contribution is -2.31. The van der Waals surface area contributed by atoms with Gasteiger partial charge in [-0.05, 0) is 61.4 Å². The second-order valence-electron chi connectivity index (χ2n) is 7.25. The Labute approximate surface area is 153 Å². The molecule has 138 valence electrons. The minimum absolute atomic E-state index is 0.0530. The highest BCUT2D eigenvalue weighted by molar-refractivity contribution is 5.94. The summed E-state index contributed by atoms with van der Waals surface area (Å²) in [6.45, 7) is 1.52. The van der Waals surface area contributed by atoms with Gasteiger partial charge in [-0.3, -0.25) is 9.48 Å². The van der Waals surface area contributed by atoms with Gasteiger partial charge in [0.05, 0.1) is 24.5 Å². The van der Waals surface area contributed by atoms with Gasteiger partial charge in [0.2, 0.25) is 0 Å². The van der Waals surface area contributed by atoms with Crippen LogP contribution < -0.4 is 0 Å². The first kappa shape index (κ1) is 17.2. The summed E-state index contributed by atoms with van der Waals surface area (Å²) in [7, 11) is 0. The van der Waals surface area contributed by atoms with Crippen LogP contribution in [0.4, 0.5) is 0 Å². The Morgan fingerprint density at radius 2 is 1.92 bits per heavy atom. The molecule has 6 nitrogen and oxygen atoms in total. The first-order valence-corrected chi connectivity index (χ1v) is 9.42. The van der Waals surface area contributed by atoms with Crippen LogP contribution in [0.15, 0.2) is 24.3 Å². The monoisotopic (exact) mass is 355 g/mol. The van der Waals surface area contributed by atoms with Crippen LogP contribution in [0.5, 0.6) is 0 Å². The van der Waals surface area contributed by atoms with Crippen molar-refractivity contribution in [1.29, 1.82) is 0 Å². The first-order valence-electron chi connectivity index (χ1n) is 9.42. The van der Waals surface area contributed by atoms with Gasteiger partial charge >= 0.3 is 0 Å². The maximum absolute atomic E-state index is 13.1. The van der Waals surface area contributed by atoms with E-state index in [-0.39, 0.29) is 12.5 Å². The maximum atomic E-state index is 13.1. The number of aliphatic hydroxyl groups is 2. The highest BCUT2D eigenvalue weighted by Crippen LogP contribution is 2.24. The van der Waals surface area contributed by atoms with Crippen LogP contribution in [-0.4, -0.2) is 44.0 Å². The first-order chi connectivity index (χ1) is 12.7. The third-order valence-corrected chi connectivity index (χ3v) is 5.43. The summed E-state index contributed by atoms with van der Waals surface area (Å²) in [5, 5.41) is 23.3. The number of aliphatic hydroxyl groups excluding tert-OH is 2. The largest absolute Gasteiger partial charge is 0.393 e. The van der Waals surface area contributed by atoms with Crippen LogP contribution in [-0.2, 0) is 25.9 Å². The van der Waals surface area contributed by atoms with E-state index in [1.807, 2.05) is 15.6 Å². The van der Waals surface area contributed by atoms with Gasteiger partial charge in [0.15, 0.2) is 0 Å². The van der Waals surface area contributed by atoms with Crippen molar-refractivity contribution in [3.8, 4) is 0 Å². The molecule has 0 bridgehead atoms. The van der Waals surface area contributed by atoms with E-state index >= 15 is 0 Å². The van der Waals surface area contributed by atoms with Crippen LogP contribution >= 0.6 is 0 Å².